The molecule has 1 amide bonds. The summed E-state index contributed by atoms with van der Waals surface area (Å²) in [5.41, 5.74) is 5.88. The zero-order valence-corrected chi connectivity index (χ0v) is 14.8. The molecule has 0 aliphatic rings. The minimum atomic E-state index is -0.0899. The van der Waals surface area contributed by atoms with Crippen LogP contribution in [0.5, 0.6) is 5.75 Å². The number of carbonyl (C=O) groups is 1. The van der Waals surface area contributed by atoms with Crippen molar-refractivity contribution in [2.75, 3.05) is 12.4 Å². The fourth-order valence-corrected chi connectivity index (χ4v) is 3.24. The molecule has 130 valence electrons. The molecule has 0 saturated carbocycles. The lowest BCUT2D eigenvalue weighted by Crippen LogP contribution is -2.14. The molecule has 0 saturated heterocycles. The molecule has 0 aliphatic heterocycles. The summed E-state index contributed by atoms with van der Waals surface area (Å²) in [7, 11) is 1.61. The van der Waals surface area contributed by atoms with E-state index in [9.17, 15) is 4.79 Å². The van der Waals surface area contributed by atoms with Crippen LogP contribution in [-0.2, 0) is 11.2 Å². The SMILES string of the molecule is COc1cccc(CC(=O)Nc2ccc3[nH]c(-c4cscn4)nc3c2)c1. The number of methoxy groups -OCH3 is 1. The molecule has 7 heteroatoms. The number of amides is 1. The highest BCUT2D eigenvalue weighted by Gasteiger charge is 2.09. The Bertz CT molecular complexity index is 1060. The van der Waals surface area contributed by atoms with Crippen molar-refractivity contribution in [1.82, 2.24) is 15.0 Å². The normalized spacial score (nSPS) is 10.8. The predicted octanol–water partition coefficient (Wildman–Crippen LogP) is 3.88. The zero-order chi connectivity index (χ0) is 17.9. The van der Waals surface area contributed by atoms with Gasteiger partial charge in [-0.05, 0) is 35.9 Å². The number of imidazole rings is 1. The number of nitrogens with one attached hydrogen (secondary N) is 2. The molecule has 26 heavy (non-hydrogen) atoms. The molecular weight excluding hydrogens is 348 g/mol. The molecule has 0 aliphatic carbocycles. The van der Waals surface area contributed by atoms with E-state index < -0.39 is 0 Å². The third kappa shape index (κ3) is 3.43. The van der Waals surface area contributed by atoms with Crippen LogP contribution in [0.25, 0.3) is 22.6 Å². The van der Waals surface area contributed by atoms with Gasteiger partial charge in [-0.15, -0.1) is 11.3 Å². The first kappa shape index (κ1) is 16.3. The van der Waals surface area contributed by atoms with Gasteiger partial charge in [0, 0.05) is 11.1 Å². The summed E-state index contributed by atoms with van der Waals surface area (Å²) in [5, 5.41) is 4.86. The highest BCUT2D eigenvalue weighted by atomic mass is 32.1. The van der Waals surface area contributed by atoms with Gasteiger partial charge in [0.25, 0.3) is 0 Å². The number of hydrogen-bond acceptors (Lipinski definition) is 5. The molecule has 0 radical (unpaired) electrons. The van der Waals surface area contributed by atoms with Gasteiger partial charge in [-0.2, -0.15) is 0 Å². The first-order valence-electron chi connectivity index (χ1n) is 8.02. The van der Waals surface area contributed by atoms with E-state index >= 15 is 0 Å². The molecule has 6 nitrogen and oxygen atoms in total. The number of carbonyl (C=O) groups excluding carboxylic acids is 1. The molecule has 4 aromatic rings. The summed E-state index contributed by atoms with van der Waals surface area (Å²) in [6, 6.07) is 13.1. The van der Waals surface area contributed by atoms with Crippen LogP contribution in [0.1, 0.15) is 5.56 Å². The Morgan fingerprint density at radius 3 is 3.00 bits per heavy atom. The maximum absolute atomic E-state index is 12.3. The molecule has 2 heterocycles. The first-order valence-corrected chi connectivity index (χ1v) is 8.96. The molecule has 0 atom stereocenters. The number of benzene rings is 2. The molecule has 2 aromatic carbocycles. The van der Waals surface area contributed by atoms with Gasteiger partial charge in [-0.25, -0.2) is 9.97 Å². The van der Waals surface area contributed by atoms with Gasteiger partial charge in [-0.3, -0.25) is 4.79 Å². The second-order valence-corrected chi connectivity index (χ2v) is 6.49. The molecule has 0 unspecified atom stereocenters. The van der Waals surface area contributed by atoms with Crippen molar-refractivity contribution in [3.8, 4) is 17.3 Å². The standard InChI is InChI=1S/C19H16N4O2S/c1-25-14-4-2-3-12(7-14)8-18(24)21-13-5-6-15-16(9-13)23-19(22-15)17-10-26-11-20-17/h2-7,9-11H,8H2,1H3,(H,21,24)(H,22,23). The van der Waals surface area contributed by atoms with Crippen molar-refractivity contribution < 1.29 is 9.53 Å². The third-order valence-corrected chi connectivity index (χ3v) is 4.53. The van der Waals surface area contributed by atoms with Crippen molar-refractivity contribution in [3.63, 3.8) is 0 Å². The fourth-order valence-electron chi connectivity index (χ4n) is 2.71. The molecule has 2 aromatic heterocycles. The number of thiazole rings is 1. The average molecular weight is 364 g/mol. The Balaban J connectivity index is 1.50. The van der Waals surface area contributed by atoms with E-state index in [1.165, 1.54) is 11.3 Å². The first-order chi connectivity index (χ1) is 12.7. The zero-order valence-electron chi connectivity index (χ0n) is 14.0. The van der Waals surface area contributed by atoms with Gasteiger partial charge in [0.15, 0.2) is 5.82 Å². The van der Waals surface area contributed by atoms with Gasteiger partial charge in [-0.1, -0.05) is 12.1 Å². The monoisotopic (exact) mass is 364 g/mol. The van der Waals surface area contributed by atoms with Gasteiger partial charge < -0.3 is 15.0 Å². The second kappa shape index (κ2) is 6.97. The Kier molecular flexibility index (Phi) is 4.37. The van der Waals surface area contributed by atoms with Crippen LogP contribution in [0.3, 0.4) is 0 Å². The summed E-state index contributed by atoms with van der Waals surface area (Å²) in [6.07, 6.45) is 0.278. The second-order valence-electron chi connectivity index (χ2n) is 5.77. The molecule has 0 fully saturated rings. The van der Waals surface area contributed by atoms with Crippen molar-refractivity contribution in [2.24, 2.45) is 0 Å². The summed E-state index contributed by atoms with van der Waals surface area (Å²) in [4.78, 5) is 24.4. The van der Waals surface area contributed by atoms with E-state index in [-0.39, 0.29) is 12.3 Å². The number of hydrogen-bond donors (Lipinski definition) is 2. The minimum absolute atomic E-state index is 0.0899. The molecular formula is C19H16N4O2S. The van der Waals surface area contributed by atoms with E-state index in [0.717, 1.165) is 33.9 Å². The number of anilines is 1. The minimum Gasteiger partial charge on any atom is -0.497 e. The lowest BCUT2D eigenvalue weighted by atomic mass is 10.1. The van der Waals surface area contributed by atoms with Crippen molar-refractivity contribution in [2.45, 2.75) is 6.42 Å². The van der Waals surface area contributed by atoms with Crippen LogP contribution in [-0.4, -0.2) is 28.0 Å². The van der Waals surface area contributed by atoms with E-state index in [1.807, 2.05) is 47.8 Å². The molecule has 0 bridgehead atoms. The largest absolute Gasteiger partial charge is 0.497 e. The van der Waals surface area contributed by atoms with Crippen LogP contribution in [0.4, 0.5) is 5.69 Å². The Morgan fingerprint density at radius 1 is 1.27 bits per heavy atom. The van der Waals surface area contributed by atoms with Crippen molar-refractivity contribution >= 4 is 34.0 Å². The highest BCUT2D eigenvalue weighted by Crippen LogP contribution is 2.23. The lowest BCUT2D eigenvalue weighted by Gasteiger charge is -2.06. The Morgan fingerprint density at radius 2 is 2.19 bits per heavy atom. The summed E-state index contributed by atoms with van der Waals surface area (Å²) in [6.45, 7) is 0. The highest BCUT2D eigenvalue weighted by molar-refractivity contribution is 7.07. The number of H-pyrrole nitrogens is 1. The topological polar surface area (TPSA) is 79.9 Å². The summed E-state index contributed by atoms with van der Waals surface area (Å²) in [5.74, 6) is 1.37. The number of ether oxygens (including phenoxy) is 1. The van der Waals surface area contributed by atoms with Gasteiger partial charge in [0.2, 0.25) is 5.91 Å². The van der Waals surface area contributed by atoms with Crippen LogP contribution in [0, 0.1) is 0 Å². The van der Waals surface area contributed by atoms with E-state index in [0.29, 0.717) is 5.69 Å². The maximum Gasteiger partial charge on any atom is 0.228 e. The quantitative estimate of drug-likeness (QED) is 0.563. The predicted molar refractivity (Wildman–Crippen MR) is 103 cm³/mol. The van der Waals surface area contributed by atoms with Crippen LogP contribution < -0.4 is 10.1 Å². The molecule has 4 rings (SSSR count). The van der Waals surface area contributed by atoms with E-state index in [4.69, 9.17) is 4.74 Å². The van der Waals surface area contributed by atoms with Gasteiger partial charge in [0.05, 0.1) is 30.1 Å². The number of fused-ring (bicyclic) bond motifs is 1. The van der Waals surface area contributed by atoms with Crippen LogP contribution >= 0.6 is 11.3 Å². The summed E-state index contributed by atoms with van der Waals surface area (Å²) < 4.78 is 5.19. The average Bonchev–Trinajstić information content (AvgIpc) is 3.30. The van der Waals surface area contributed by atoms with Crippen LogP contribution in [0.2, 0.25) is 0 Å². The fraction of sp³-hybridized carbons (Fsp3) is 0.105. The lowest BCUT2D eigenvalue weighted by molar-refractivity contribution is -0.115. The van der Waals surface area contributed by atoms with Crippen molar-refractivity contribution in [3.05, 3.63) is 58.9 Å². The van der Waals surface area contributed by atoms with Crippen molar-refractivity contribution in [1.29, 1.82) is 0 Å². The van der Waals surface area contributed by atoms with Gasteiger partial charge in [0.1, 0.15) is 11.4 Å². The summed E-state index contributed by atoms with van der Waals surface area (Å²) >= 11 is 1.52. The molecule has 0 spiro atoms. The molecule has 2 N–H and O–H groups in total. The van der Waals surface area contributed by atoms with E-state index in [1.54, 1.807) is 12.6 Å². The number of aromatic nitrogens is 3. The van der Waals surface area contributed by atoms with E-state index in [2.05, 4.69) is 20.3 Å². The Labute approximate surface area is 153 Å². The smallest absolute Gasteiger partial charge is 0.228 e. The third-order valence-electron chi connectivity index (χ3n) is 3.94. The Hall–Kier alpha value is -3.19. The number of rotatable bonds is 5. The number of aromatic amines is 1. The van der Waals surface area contributed by atoms with Crippen LogP contribution in [0.15, 0.2) is 53.4 Å². The maximum atomic E-state index is 12.3. The number of nitrogens with zero attached hydrogens (tertiary/aromatic N) is 2. The van der Waals surface area contributed by atoms with Gasteiger partial charge >= 0.3 is 0 Å².